The third kappa shape index (κ3) is 2.94. The van der Waals surface area contributed by atoms with Crippen LogP contribution in [0.15, 0.2) is 78.9 Å². The molecule has 0 amide bonds. The van der Waals surface area contributed by atoms with E-state index in [-0.39, 0.29) is 0 Å². The van der Waals surface area contributed by atoms with Crippen LogP contribution in [0.5, 0.6) is 5.75 Å². The first kappa shape index (κ1) is 15.9. The molecular formula is C23H20OS. The third-order valence-electron chi connectivity index (χ3n) is 4.72. The number of thiophene rings is 1. The molecule has 2 heteroatoms. The molecule has 0 aliphatic heterocycles. The number of fused-ring (bicyclic) bond motifs is 1. The monoisotopic (exact) mass is 344 g/mol. The average molecular weight is 344 g/mol. The number of ether oxygens (including phenoxy) is 1. The minimum absolute atomic E-state index is 0.342. The van der Waals surface area contributed by atoms with Crippen LogP contribution in [0.4, 0.5) is 0 Å². The van der Waals surface area contributed by atoms with Crippen LogP contribution in [-0.4, -0.2) is 7.11 Å². The standard InChI is InChI=1S/C23H20OS/c1-16(17-8-4-3-5-9-17)22-20-10-6-7-11-21(20)25-23(22)18-12-14-19(24-2)15-13-18/h3-16H,1-2H3/t16-/m1/s1. The summed E-state index contributed by atoms with van der Waals surface area (Å²) in [4.78, 5) is 1.35. The highest BCUT2D eigenvalue weighted by molar-refractivity contribution is 7.22. The second-order valence-electron chi connectivity index (χ2n) is 6.20. The van der Waals surface area contributed by atoms with Gasteiger partial charge in [0.05, 0.1) is 7.11 Å². The summed E-state index contributed by atoms with van der Waals surface area (Å²) in [5, 5.41) is 1.36. The van der Waals surface area contributed by atoms with E-state index in [1.54, 1.807) is 7.11 Å². The Hall–Kier alpha value is -2.58. The first-order valence-corrected chi connectivity index (χ1v) is 9.30. The number of rotatable bonds is 4. The molecule has 0 saturated carbocycles. The summed E-state index contributed by atoms with van der Waals surface area (Å²) in [5.74, 6) is 1.23. The van der Waals surface area contributed by atoms with Gasteiger partial charge in [0.1, 0.15) is 5.75 Å². The molecule has 0 spiro atoms. The molecule has 25 heavy (non-hydrogen) atoms. The summed E-state index contributed by atoms with van der Waals surface area (Å²) in [7, 11) is 1.71. The molecular weight excluding hydrogens is 324 g/mol. The largest absolute Gasteiger partial charge is 0.497 e. The van der Waals surface area contributed by atoms with Gasteiger partial charge < -0.3 is 4.74 Å². The van der Waals surface area contributed by atoms with E-state index in [2.05, 4.69) is 73.7 Å². The van der Waals surface area contributed by atoms with Crippen LogP contribution >= 0.6 is 11.3 Å². The molecule has 1 atom stereocenters. The first-order valence-electron chi connectivity index (χ1n) is 8.48. The van der Waals surface area contributed by atoms with Crippen LogP contribution in [0, 0.1) is 0 Å². The Morgan fingerprint density at radius 1 is 0.800 bits per heavy atom. The van der Waals surface area contributed by atoms with Crippen molar-refractivity contribution in [3.63, 3.8) is 0 Å². The Kier molecular flexibility index (Phi) is 4.29. The zero-order valence-electron chi connectivity index (χ0n) is 14.4. The normalized spacial score (nSPS) is 12.2. The van der Waals surface area contributed by atoms with Crippen molar-refractivity contribution < 1.29 is 4.74 Å². The maximum Gasteiger partial charge on any atom is 0.118 e. The van der Waals surface area contributed by atoms with Crippen molar-refractivity contribution in [2.24, 2.45) is 0 Å². The Balaban J connectivity index is 1.91. The van der Waals surface area contributed by atoms with Gasteiger partial charge >= 0.3 is 0 Å². The summed E-state index contributed by atoms with van der Waals surface area (Å²) in [6.45, 7) is 2.30. The maximum atomic E-state index is 5.31. The van der Waals surface area contributed by atoms with Gasteiger partial charge in [0.25, 0.3) is 0 Å². The lowest BCUT2D eigenvalue weighted by atomic mass is 9.89. The highest BCUT2D eigenvalue weighted by Crippen LogP contribution is 2.44. The molecule has 1 nitrogen and oxygen atoms in total. The van der Waals surface area contributed by atoms with Gasteiger partial charge in [-0.25, -0.2) is 0 Å². The molecule has 0 radical (unpaired) electrons. The lowest BCUT2D eigenvalue weighted by molar-refractivity contribution is 0.415. The van der Waals surface area contributed by atoms with Crippen LogP contribution in [0.1, 0.15) is 24.0 Å². The zero-order valence-corrected chi connectivity index (χ0v) is 15.2. The van der Waals surface area contributed by atoms with Crippen molar-refractivity contribution in [3.05, 3.63) is 90.0 Å². The Labute approximate surface area is 152 Å². The van der Waals surface area contributed by atoms with Gasteiger partial charge in [-0.15, -0.1) is 11.3 Å². The molecule has 0 saturated heterocycles. The molecule has 1 heterocycles. The van der Waals surface area contributed by atoms with Crippen LogP contribution in [0.3, 0.4) is 0 Å². The van der Waals surface area contributed by atoms with E-state index >= 15 is 0 Å². The molecule has 0 bridgehead atoms. The van der Waals surface area contributed by atoms with Crippen molar-refractivity contribution in [1.82, 2.24) is 0 Å². The summed E-state index contributed by atoms with van der Waals surface area (Å²) in [6, 6.07) is 27.9. The second kappa shape index (κ2) is 6.73. The van der Waals surface area contributed by atoms with Crippen molar-refractivity contribution in [1.29, 1.82) is 0 Å². The molecule has 124 valence electrons. The fourth-order valence-electron chi connectivity index (χ4n) is 3.36. The van der Waals surface area contributed by atoms with Gasteiger partial charge in [0.15, 0.2) is 0 Å². The smallest absolute Gasteiger partial charge is 0.118 e. The molecule has 4 aromatic rings. The van der Waals surface area contributed by atoms with Gasteiger partial charge in [-0.3, -0.25) is 0 Å². The molecule has 0 fully saturated rings. The maximum absolute atomic E-state index is 5.31. The fraction of sp³-hybridized carbons (Fsp3) is 0.130. The van der Waals surface area contributed by atoms with Crippen LogP contribution in [0.25, 0.3) is 20.5 Å². The third-order valence-corrected chi connectivity index (χ3v) is 5.95. The topological polar surface area (TPSA) is 9.23 Å². The van der Waals surface area contributed by atoms with Crippen molar-refractivity contribution in [2.75, 3.05) is 7.11 Å². The van der Waals surface area contributed by atoms with Gasteiger partial charge in [-0.1, -0.05) is 55.5 Å². The van der Waals surface area contributed by atoms with E-state index < -0.39 is 0 Å². The predicted molar refractivity (Wildman–Crippen MR) is 108 cm³/mol. The van der Waals surface area contributed by atoms with Crippen molar-refractivity contribution >= 4 is 21.4 Å². The van der Waals surface area contributed by atoms with Gasteiger partial charge in [0, 0.05) is 15.5 Å². The number of hydrogen-bond donors (Lipinski definition) is 0. The van der Waals surface area contributed by atoms with E-state index in [1.165, 1.54) is 31.7 Å². The van der Waals surface area contributed by atoms with E-state index in [0.29, 0.717) is 5.92 Å². The molecule has 0 unspecified atom stereocenters. The minimum atomic E-state index is 0.342. The van der Waals surface area contributed by atoms with Crippen LogP contribution in [-0.2, 0) is 0 Å². The lowest BCUT2D eigenvalue weighted by Gasteiger charge is -2.15. The zero-order chi connectivity index (χ0) is 17.2. The molecule has 1 aromatic heterocycles. The lowest BCUT2D eigenvalue weighted by Crippen LogP contribution is -1.96. The Morgan fingerprint density at radius 3 is 2.20 bits per heavy atom. The van der Waals surface area contributed by atoms with Crippen LogP contribution < -0.4 is 4.74 Å². The van der Waals surface area contributed by atoms with Crippen LogP contribution in [0.2, 0.25) is 0 Å². The van der Waals surface area contributed by atoms with E-state index in [1.807, 2.05) is 23.5 Å². The summed E-state index contributed by atoms with van der Waals surface area (Å²) in [5.41, 5.74) is 4.01. The molecule has 4 rings (SSSR count). The van der Waals surface area contributed by atoms with E-state index in [0.717, 1.165) is 5.75 Å². The predicted octanol–water partition coefficient (Wildman–Crippen LogP) is 6.73. The van der Waals surface area contributed by atoms with Gasteiger partial charge in [0.2, 0.25) is 0 Å². The Bertz CT molecular complexity index is 984. The van der Waals surface area contributed by atoms with Crippen molar-refractivity contribution in [2.45, 2.75) is 12.8 Å². The Morgan fingerprint density at radius 2 is 1.48 bits per heavy atom. The minimum Gasteiger partial charge on any atom is -0.497 e. The fourth-order valence-corrected chi connectivity index (χ4v) is 4.67. The molecule has 0 N–H and O–H groups in total. The van der Waals surface area contributed by atoms with Gasteiger partial charge in [-0.2, -0.15) is 0 Å². The molecule has 3 aromatic carbocycles. The van der Waals surface area contributed by atoms with E-state index in [4.69, 9.17) is 4.74 Å². The highest BCUT2D eigenvalue weighted by Gasteiger charge is 2.20. The summed E-state index contributed by atoms with van der Waals surface area (Å²) in [6.07, 6.45) is 0. The summed E-state index contributed by atoms with van der Waals surface area (Å²) < 4.78 is 6.65. The number of methoxy groups -OCH3 is 1. The highest BCUT2D eigenvalue weighted by atomic mass is 32.1. The van der Waals surface area contributed by atoms with Gasteiger partial charge in [-0.05, 0) is 52.4 Å². The average Bonchev–Trinajstić information content (AvgIpc) is 3.07. The summed E-state index contributed by atoms with van der Waals surface area (Å²) >= 11 is 1.87. The SMILES string of the molecule is COc1ccc(-c2sc3ccccc3c2[C@H](C)c2ccccc2)cc1. The molecule has 0 aliphatic carbocycles. The number of hydrogen-bond acceptors (Lipinski definition) is 2. The first-order chi connectivity index (χ1) is 12.3. The van der Waals surface area contributed by atoms with Crippen molar-refractivity contribution in [3.8, 4) is 16.2 Å². The molecule has 0 aliphatic rings. The second-order valence-corrected chi connectivity index (χ2v) is 7.25. The quantitative estimate of drug-likeness (QED) is 0.399. The number of benzene rings is 3. The van der Waals surface area contributed by atoms with E-state index in [9.17, 15) is 0 Å².